The topological polar surface area (TPSA) is 51.2 Å². The average Bonchev–Trinajstić information content (AvgIpc) is 2.35. The third-order valence-corrected chi connectivity index (χ3v) is 3.24. The van der Waals surface area contributed by atoms with Crippen molar-refractivity contribution in [1.82, 2.24) is 9.71 Å². The Hall–Kier alpha value is -1.07. The van der Waals surface area contributed by atoms with Gasteiger partial charge in [0.2, 0.25) is 0 Å². The first kappa shape index (κ1) is 16.0. The maximum atomic E-state index is 11.7. The highest BCUT2D eigenvalue weighted by molar-refractivity contribution is 7.98. The highest BCUT2D eigenvalue weighted by Crippen LogP contribution is 2.25. The lowest BCUT2D eigenvalue weighted by molar-refractivity contribution is -0.143. The molecule has 1 N–H and O–H groups in total. The largest absolute Gasteiger partial charge is 0.466 e. The zero-order chi connectivity index (χ0) is 14.3. The van der Waals surface area contributed by atoms with Gasteiger partial charge in [0.25, 0.3) is 0 Å². The van der Waals surface area contributed by atoms with Crippen LogP contribution in [0.4, 0.5) is 0 Å². The molecule has 4 nitrogen and oxygen atoms in total. The van der Waals surface area contributed by atoms with Crippen LogP contribution in [0.2, 0.25) is 0 Å². The third kappa shape index (κ3) is 6.59. The Morgan fingerprint density at radius 1 is 1.47 bits per heavy atom. The summed E-state index contributed by atoms with van der Waals surface area (Å²) in [5.41, 5.74) is 0.854. The molecular formula is C14H22N2O2S. The number of pyridine rings is 1. The normalized spacial score (nSPS) is 13.1. The molecule has 0 aliphatic rings. The maximum Gasteiger partial charge on any atom is 0.307 e. The lowest BCUT2D eigenvalue weighted by Gasteiger charge is -2.23. The summed E-state index contributed by atoms with van der Waals surface area (Å²) >= 11 is 1.60. The molecule has 1 aromatic rings. The van der Waals surface area contributed by atoms with Gasteiger partial charge < -0.3 is 4.74 Å². The van der Waals surface area contributed by atoms with Gasteiger partial charge in [-0.25, -0.2) is 0 Å². The number of carbonyl (C=O) groups excluding carboxylic acids is 1. The SMILES string of the molecule is CCOC(=O)CC(NSC(C)(C)C)c1ccccn1. The third-order valence-electron chi connectivity index (χ3n) is 2.23. The molecule has 1 aromatic heterocycles. The van der Waals surface area contributed by atoms with Gasteiger partial charge >= 0.3 is 5.97 Å². The van der Waals surface area contributed by atoms with Crippen molar-refractivity contribution < 1.29 is 9.53 Å². The molecule has 0 aromatic carbocycles. The number of hydrogen-bond donors (Lipinski definition) is 1. The molecule has 106 valence electrons. The van der Waals surface area contributed by atoms with E-state index in [-0.39, 0.29) is 23.2 Å². The smallest absolute Gasteiger partial charge is 0.307 e. The van der Waals surface area contributed by atoms with Gasteiger partial charge in [0.15, 0.2) is 0 Å². The summed E-state index contributed by atoms with van der Waals surface area (Å²) in [6.07, 6.45) is 2.02. The van der Waals surface area contributed by atoms with E-state index >= 15 is 0 Å². The number of carbonyl (C=O) groups is 1. The summed E-state index contributed by atoms with van der Waals surface area (Å²) in [6, 6.07) is 5.57. The Balaban J connectivity index is 2.71. The van der Waals surface area contributed by atoms with Crippen molar-refractivity contribution in [3.8, 4) is 0 Å². The summed E-state index contributed by atoms with van der Waals surface area (Å²) in [7, 11) is 0. The molecule has 0 saturated heterocycles. The van der Waals surface area contributed by atoms with Crippen molar-refractivity contribution in [2.45, 2.75) is 44.9 Å². The van der Waals surface area contributed by atoms with Crippen LogP contribution in [0.25, 0.3) is 0 Å². The molecule has 19 heavy (non-hydrogen) atoms. The first-order chi connectivity index (χ1) is 8.92. The molecular weight excluding hydrogens is 260 g/mol. The van der Waals surface area contributed by atoms with E-state index in [4.69, 9.17) is 4.74 Å². The van der Waals surface area contributed by atoms with Crippen molar-refractivity contribution in [3.63, 3.8) is 0 Å². The predicted molar refractivity (Wildman–Crippen MR) is 78.7 cm³/mol. The lowest BCUT2D eigenvalue weighted by atomic mass is 10.1. The van der Waals surface area contributed by atoms with Crippen LogP contribution < -0.4 is 4.72 Å². The van der Waals surface area contributed by atoms with Crippen molar-refractivity contribution >= 4 is 17.9 Å². The zero-order valence-electron chi connectivity index (χ0n) is 12.0. The van der Waals surface area contributed by atoms with Crippen LogP contribution in [0.5, 0.6) is 0 Å². The van der Waals surface area contributed by atoms with Crippen LogP contribution in [0.15, 0.2) is 24.4 Å². The Bertz CT molecular complexity index is 390. The minimum atomic E-state index is -0.208. The van der Waals surface area contributed by atoms with Gasteiger partial charge in [-0.1, -0.05) is 18.0 Å². The highest BCUT2D eigenvalue weighted by Gasteiger charge is 2.21. The molecule has 0 saturated carbocycles. The van der Waals surface area contributed by atoms with Crippen LogP contribution in [-0.2, 0) is 9.53 Å². The number of aromatic nitrogens is 1. The van der Waals surface area contributed by atoms with E-state index in [1.54, 1.807) is 18.1 Å². The Labute approximate surface area is 119 Å². The second-order valence-corrected chi connectivity index (χ2v) is 6.81. The number of hydrogen-bond acceptors (Lipinski definition) is 5. The number of rotatable bonds is 6. The summed E-state index contributed by atoms with van der Waals surface area (Å²) in [4.78, 5) is 16.0. The molecule has 0 spiro atoms. The Morgan fingerprint density at radius 3 is 2.74 bits per heavy atom. The zero-order valence-corrected chi connectivity index (χ0v) is 12.8. The van der Waals surface area contributed by atoms with Crippen molar-refractivity contribution in [3.05, 3.63) is 30.1 Å². The monoisotopic (exact) mass is 282 g/mol. The molecule has 1 heterocycles. The predicted octanol–water partition coefficient (Wildman–Crippen LogP) is 3.11. The van der Waals surface area contributed by atoms with E-state index in [0.717, 1.165) is 5.69 Å². The molecule has 1 rings (SSSR count). The summed E-state index contributed by atoms with van der Waals surface area (Å²) < 4.78 is 8.40. The van der Waals surface area contributed by atoms with Gasteiger partial charge in [-0.15, -0.1) is 0 Å². The van der Waals surface area contributed by atoms with E-state index in [0.29, 0.717) is 6.61 Å². The fourth-order valence-corrected chi connectivity index (χ4v) is 2.12. The minimum Gasteiger partial charge on any atom is -0.466 e. The first-order valence-corrected chi connectivity index (χ1v) is 7.24. The van der Waals surface area contributed by atoms with Crippen LogP contribution in [0.3, 0.4) is 0 Å². The maximum absolute atomic E-state index is 11.7. The van der Waals surface area contributed by atoms with Crippen LogP contribution in [0, 0.1) is 0 Å². The molecule has 5 heteroatoms. The van der Waals surface area contributed by atoms with Gasteiger partial charge in [-0.3, -0.25) is 14.5 Å². The fourth-order valence-electron chi connectivity index (χ4n) is 1.42. The fraction of sp³-hybridized carbons (Fsp3) is 0.571. The molecule has 0 bridgehead atoms. The van der Waals surface area contributed by atoms with Gasteiger partial charge in [-0.05, 0) is 39.8 Å². The summed E-state index contributed by atoms with van der Waals surface area (Å²) in [5, 5.41) is 0. The molecule has 0 aliphatic carbocycles. The lowest BCUT2D eigenvalue weighted by Crippen LogP contribution is -2.25. The Morgan fingerprint density at radius 2 is 2.21 bits per heavy atom. The van der Waals surface area contributed by atoms with Crippen molar-refractivity contribution in [2.75, 3.05) is 6.61 Å². The Kier molecular flexibility index (Phi) is 6.31. The van der Waals surface area contributed by atoms with Gasteiger partial charge in [0, 0.05) is 10.9 Å². The second kappa shape index (κ2) is 7.50. The number of nitrogens with one attached hydrogen (secondary N) is 1. The molecule has 1 unspecified atom stereocenters. The van der Waals surface area contributed by atoms with E-state index in [2.05, 4.69) is 30.5 Å². The van der Waals surface area contributed by atoms with E-state index in [1.165, 1.54) is 0 Å². The molecule has 1 atom stereocenters. The number of ether oxygens (including phenoxy) is 1. The van der Waals surface area contributed by atoms with Crippen LogP contribution >= 0.6 is 11.9 Å². The van der Waals surface area contributed by atoms with Gasteiger partial charge in [0.1, 0.15) is 0 Å². The quantitative estimate of drug-likeness (QED) is 0.642. The van der Waals surface area contributed by atoms with E-state index < -0.39 is 0 Å². The van der Waals surface area contributed by atoms with E-state index in [9.17, 15) is 4.79 Å². The van der Waals surface area contributed by atoms with Crippen LogP contribution in [0.1, 0.15) is 45.9 Å². The molecule has 0 fully saturated rings. The van der Waals surface area contributed by atoms with Gasteiger partial charge in [-0.2, -0.15) is 0 Å². The molecule has 0 aliphatic heterocycles. The van der Waals surface area contributed by atoms with Crippen molar-refractivity contribution in [1.29, 1.82) is 0 Å². The summed E-state index contributed by atoms with van der Waals surface area (Å²) in [6.45, 7) is 8.56. The standard InChI is InChI=1S/C14H22N2O2S/c1-5-18-13(17)10-12(16-19-14(2,3)4)11-8-6-7-9-15-11/h6-9,12,16H,5,10H2,1-4H3. The molecule has 0 radical (unpaired) electrons. The average molecular weight is 282 g/mol. The van der Waals surface area contributed by atoms with Crippen LogP contribution in [-0.4, -0.2) is 22.3 Å². The summed E-state index contributed by atoms with van der Waals surface area (Å²) in [5.74, 6) is -0.208. The minimum absolute atomic E-state index is 0.0711. The second-order valence-electron chi connectivity index (χ2n) is 5.15. The first-order valence-electron chi connectivity index (χ1n) is 6.42. The number of nitrogens with zero attached hydrogens (tertiary/aromatic N) is 1. The van der Waals surface area contributed by atoms with E-state index in [1.807, 2.05) is 25.1 Å². The highest BCUT2D eigenvalue weighted by atomic mass is 32.2. The molecule has 0 amide bonds. The van der Waals surface area contributed by atoms with Gasteiger partial charge in [0.05, 0.1) is 24.8 Å². The number of esters is 1. The van der Waals surface area contributed by atoms with Crippen molar-refractivity contribution in [2.24, 2.45) is 0 Å².